The van der Waals surface area contributed by atoms with E-state index in [1.165, 1.54) is 10.9 Å². The SMILES string of the molecule is C[C@H](NC(=O)CCn1[nH]c(=O)c2ccccc2c1=O)c1ccco1. The zero-order chi connectivity index (χ0) is 17.1. The number of carbonyl (C=O) groups is 1. The van der Waals surface area contributed by atoms with Crippen LogP contribution in [0.2, 0.25) is 0 Å². The Bertz CT molecular complexity index is 969. The second kappa shape index (κ2) is 6.57. The number of furan rings is 1. The molecule has 0 saturated carbocycles. The Labute approximate surface area is 136 Å². The van der Waals surface area contributed by atoms with Gasteiger partial charge >= 0.3 is 0 Å². The molecule has 3 rings (SSSR count). The number of fused-ring (bicyclic) bond motifs is 1. The summed E-state index contributed by atoms with van der Waals surface area (Å²) in [7, 11) is 0. The number of hydrogen-bond donors (Lipinski definition) is 2. The molecule has 1 aromatic carbocycles. The number of aromatic nitrogens is 2. The van der Waals surface area contributed by atoms with Crippen molar-refractivity contribution in [2.75, 3.05) is 0 Å². The van der Waals surface area contributed by atoms with Crippen molar-refractivity contribution in [3.63, 3.8) is 0 Å². The zero-order valence-corrected chi connectivity index (χ0v) is 13.1. The largest absolute Gasteiger partial charge is 0.467 e. The Balaban J connectivity index is 1.72. The van der Waals surface area contributed by atoms with Crippen LogP contribution in [0.15, 0.2) is 56.7 Å². The molecule has 0 saturated heterocycles. The molecule has 7 nitrogen and oxygen atoms in total. The van der Waals surface area contributed by atoms with Crippen LogP contribution in [0.5, 0.6) is 0 Å². The minimum absolute atomic E-state index is 0.0687. The lowest BCUT2D eigenvalue weighted by Crippen LogP contribution is -2.33. The third kappa shape index (κ3) is 3.15. The fourth-order valence-corrected chi connectivity index (χ4v) is 2.54. The van der Waals surface area contributed by atoms with Crippen molar-refractivity contribution in [1.29, 1.82) is 0 Å². The van der Waals surface area contributed by atoms with Crippen LogP contribution in [-0.4, -0.2) is 15.7 Å². The minimum Gasteiger partial charge on any atom is -0.467 e. The molecule has 0 spiro atoms. The van der Waals surface area contributed by atoms with Gasteiger partial charge in [0.2, 0.25) is 5.91 Å². The number of aryl methyl sites for hydroxylation is 1. The number of nitrogens with zero attached hydrogens (tertiary/aromatic N) is 1. The maximum Gasteiger partial charge on any atom is 0.273 e. The summed E-state index contributed by atoms with van der Waals surface area (Å²) in [4.78, 5) is 36.4. The Hall–Kier alpha value is -3.09. The van der Waals surface area contributed by atoms with E-state index >= 15 is 0 Å². The molecule has 2 aromatic heterocycles. The van der Waals surface area contributed by atoms with Gasteiger partial charge in [-0.2, -0.15) is 0 Å². The van der Waals surface area contributed by atoms with Crippen molar-refractivity contribution in [1.82, 2.24) is 15.1 Å². The number of H-pyrrole nitrogens is 1. The van der Waals surface area contributed by atoms with E-state index in [1.807, 2.05) is 0 Å². The molecule has 2 heterocycles. The topological polar surface area (TPSA) is 97.1 Å². The van der Waals surface area contributed by atoms with E-state index in [9.17, 15) is 14.4 Å². The number of nitrogens with one attached hydrogen (secondary N) is 2. The monoisotopic (exact) mass is 327 g/mol. The number of amides is 1. The maximum atomic E-state index is 12.3. The molecular formula is C17H17N3O4. The Morgan fingerprint density at radius 3 is 2.67 bits per heavy atom. The van der Waals surface area contributed by atoms with Crippen LogP contribution in [0.3, 0.4) is 0 Å². The standard InChI is InChI=1S/C17H17N3O4/c1-11(14-7-4-10-24-14)18-15(21)8-9-20-17(23)13-6-3-2-5-12(13)16(22)19-20/h2-7,10-11H,8-9H2,1H3,(H,18,21)(H,19,22)/t11-/m0/s1. The van der Waals surface area contributed by atoms with E-state index < -0.39 is 0 Å². The number of carbonyl (C=O) groups excluding carboxylic acids is 1. The predicted octanol–water partition coefficient (Wildman–Crippen LogP) is 1.55. The summed E-state index contributed by atoms with van der Waals surface area (Å²) >= 11 is 0. The molecule has 0 aliphatic carbocycles. The summed E-state index contributed by atoms with van der Waals surface area (Å²) in [6, 6.07) is 9.85. The third-order valence-corrected chi connectivity index (χ3v) is 3.79. The molecular weight excluding hydrogens is 310 g/mol. The first-order valence-corrected chi connectivity index (χ1v) is 7.61. The number of hydrogen-bond acceptors (Lipinski definition) is 4. The van der Waals surface area contributed by atoms with Crippen molar-refractivity contribution in [2.45, 2.75) is 25.9 Å². The van der Waals surface area contributed by atoms with Crippen molar-refractivity contribution in [3.05, 3.63) is 69.1 Å². The summed E-state index contributed by atoms with van der Waals surface area (Å²) in [6.07, 6.45) is 1.61. The van der Waals surface area contributed by atoms with Crippen LogP contribution in [0.25, 0.3) is 10.8 Å². The lowest BCUT2D eigenvalue weighted by molar-refractivity contribution is -0.122. The van der Waals surface area contributed by atoms with Crippen LogP contribution in [0, 0.1) is 0 Å². The van der Waals surface area contributed by atoms with Crippen molar-refractivity contribution in [3.8, 4) is 0 Å². The Morgan fingerprint density at radius 1 is 1.21 bits per heavy atom. The van der Waals surface area contributed by atoms with Crippen molar-refractivity contribution in [2.24, 2.45) is 0 Å². The molecule has 2 N–H and O–H groups in total. The van der Waals surface area contributed by atoms with E-state index in [0.717, 1.165) is 0 Å². The van der Waals surface area contributed by atoms with Gasteiger partial charge in [-0.1, -0.05) is 12.1 Å². The molecule has 24 heavy (non-hydrogen) atoms. The van der Waals surface area contributed by atoms with Gasteiger partial charge in [0.1, 0.15) is 5.76 Å². The Kier molecular flexibility index (Phi) is 4.33. The van der Waals surface area contributed by atoms with Gasteiger partial charge in [-0.15, -0.1) is 0 Å². The molecule has 0 aliphatic heterocycles. The molecule has 124 valence electrons. The number of benzene rings is 1. The summed E-state index contributed by atoms with van der Waals surface area (Å²) in [5, 5.41) is 5.97. The predicted molar refractivity (Wildman–Crippen MR) is 88.7 cm³/mol. The van der Waals surface area contributed by atoms with Gasteiger partial charge in [0.05, 0.1) is 29.6 Å². The summed E-state index contributed by atoms with van der Waals surface area (Å²) < 4.78 is 6.39. The van der Waals surface area contributed by atoms with E-state index in [0.29, 0.717) is 16.5 Å². The number of aromatic amines is 1. The fourth-order valence-electron chi connectivity index (χ4n) is 2.54. The van der Waals surface area contributed by atoms with Gasteiger partial charge in [-0.3, -0.25) is 19.5 Å². The van der Waals surface area contributed by atoms with Gasteiger partial charge in [-0.05, 0) is 31.2 Å². The highest BCUT2D eigenvalue weighted by Crippen LogP contribution is 2.12. The average Bonchev–Trinajstić information content (AvgIpc) is 3.11. The van der Waals surface area contributed by atoms with Gasteiger partial charge in [0.25, 0.3) is 11.1 Å². The maximum absolute atomic E-state index is 12.3. The molecule has 0 bridgehead atoms. The van der Waals surface area contributed by atoms with Gasteiger partial charge in [0, 0.05) is 6.42 Å². The highest BCUT2D eigenvalue weighted by Gasteiger charge is 2.13. The first-order valence-electron chi connectivity index (χ1n) is 7.61. The second-order valence-corrected chi connectivity index (χ2v) is 5.50. The van der Waals surface area contributed by atoms with Crippen LogP contribution >= 0.6 is 0 Å². The smallest absolute Gasteiger partial charge is 0.273 e. The fraction of sp³-hybridized carbons (Fsp3) is 0.235. The summed E-state index contributed by atoms with van der Waals surface area (Å²) in [5.41, 5.74) is -0.674. The van der Waals surface area contributed by atoms with Gasteiger partial charge < -0.3 is 9.73 Å². The molecule has 1 amide bonds. The third-order valence-electron chi connectivity index (χ3n) is 3.79. The average molecular weight is 327 g/mol. The van der Waals surface area contributed by atoms with E-state index in [-0.39, 0.29) is 36.0 Å². The Morgan fingerprint density at radius 2 is 1.96 bits per heavy atom. The van der Waals surface area contributed by atoms with Gasteiger partial charge in [0.15, 0.2) is 0 Å². The highest BCUT2D eigenvalue weighted by atomic mass is 16.3. The normalized spacial score (nSPS) is 12.2. The van der Waals surface area contributed by atoms with Crippen molar-refractivity contribution >= 4 is 16.7 Å². The van der Waals surface area contributed by atoms with Crippen LogP contribution < -0.4 is 16.4 Å². The molecule has 0 aliphatic rings. The van der Waals surface area contributed by atoms with E-state index in [1.54, 1.807) is 43.3 Å². The molecule has 0 unspecified atom stereocenters. The quantitative estimate of drug-likeness (QED) is 0.743. The van der Waals surface area contributed by atoms with Crippen LogP contribution in [-0.2, 0) is 11.3 Å². The van der Waals surface area contributed by atoms with E-state index in [4.69, 9.17) is 4.42 Å². The molecule has 7 heteroatoms. The lowest BCUT2D eigenvalue weighted by Gasteiger charge is -2.12. The van der Waals surface area contributed by atoms with Crippen LogP contribution in [0.1, 0.15) is 25.1 Å². The molecule has 3 aromatic rings. The highest BCUT2D eigenvalue weighted by molar-refractivity contribution is 5.80. The number of rotatable bonds is 5. The minimum atomic E-state index is -0.352. The molecule has 0 radical (unpaired) electrons. The summed E-state index contributed by atoms with van der Waals surface area (Å²) in [6.45, 7) is 1.90. The van der Waals surface area contributed by atoms with Crippen LogP contribution in [0.4, 0.5) is 0 Å². The first-order chi connectivity index (χ1) is 11.6. The lowest BCUT2D eigenvalue weighted by atomic mass is 10.2. The molecule has 0 fully saturated rings. The molecule has 1 atom stereocenters. The van der Waals surface area contributed by atoms with Crippen molar-refractivity contribution < 1.29 is 9.21 Å². The zero-order valence-electron chi connectivity index (χ0n) is 13.1. The van der Waals surface area contributed by atoms with E-state index in [2.05, 4.69) is 10.4 Å². The second-order valence-electron chi connectivity index (χ2n) is 5.50. The summed E-state index contributed by atoms with van der Waals surface area (Å²) in [5.74, 6) is 0.416. The van der Waals surface area contributed by atoms with Gasteiger partial charge in [-0.25, -0.2) is 4.68 Å². The first kappa shape index (κ1) is 15.8.